The molecule has 1 unspecified atom stereocenters. The van der Waals surface area contributed by atoms with Crippen molar-refractivity contribution in [3.8, 4) is 5.75 Å². The van der Waals surface area contributed by atoms with E-state index < -0.39 is 22.5 Å². The van der Waals surface area contributed by atoms with Crippen molar-refractivity contribution in [2.75, 3.05) is 13.2 Å². The first-order valence-corrected chi connectivity index (χ1v) is 8.35. The highest BCUT2D eigenvalue weighted by atomic mass is 32.3. The largest absolute Gasteiger partial charge is 0.491 e. The number of aliphatic carboxylic acids is 1. The molecule has 0 saturated carbocycles. The van der Waals surface area contributed by atoms with E-state index in [0.29, 0.717) is 11.3 Å². The molecule has 1 aromatic carbocycles. The molecule has 0 saturated heterocycles. The van der Waals surface area contributed by atoms with Crippen molar-refractivity contribution in [2.45, 2.75) is 32.4 Å². The van der Waals surface area contributed by atoms with Gasteiger partial charge in [-0.05, 0) is 17.7 Å². The van der Waals surface area contributed by atoms with Crippen molar-refractivity contribution < 1.29 is 31.8 Å². The summed E-state index contributed by atoms with van der Waals surface area (Å²) in [7, 11) is -4.58. The second-order valence-electron chi connectivity index (χ2n) is 5.23. The van der Waals surface area contributed by atoms with Crippen LogP contribution in [-0.2, 0) is 25.8 Å². The Bertz CT molecular complexity index is 598. The maximum Gasteiger partial charge on any atom is 0.397 e. The normalized spacial score (nSPS) is 13.0. The third-order valence-corrected chi connectivity index (χ3v) is 3.24. The Morgan fingerprint density at radius 2 is 1.87 bits per heavy atom. The zero-order valence-corrected chi connectivity index (χ0v) is 13.7. The number of carboxylic acids is 1. The van der Waals surface area contributed by atoms with Gasteiger partial charge in [0.1, 0.15) is 18.5 Å². The van der Waals surface area contributed by atoms with Gasteiger partial charge in [0, 0.05) is 12.6 Å². The molecule has 0 amide bonds. The number of ether oxygens (including phenoxy) is 1. The summed E-state index contributed by atoms with van der Waals surface area (Å²) in [6.45, 7) is 3.84. The second kappa shape index (κ2) is 8.82. The average molecular weight is 347 g/mol. The Morgan fingerprint density at radius 1 is 1.26 bits per heavy atom. The molecule has 9 heteroatoms. The minimum absolute atomic E-state index is 0.0902. The van der Waals surface area contributed by atoms with Crippen molar-refractivity contribution in [3.05, 3.63) is 29.8 Å². The Balaban J connectivity index is 2.60. The molecule has 0 fully saturated rings. The fourth-order valence-corrected chi connectivity index (χ4v) is 2.19. The van der Waals surface area contributed by atoms with Gasteiger partial charge in [-0.1, -0.05) is 26.0 Å². The first-order valence-electron chi connectivity index (χ1n) is 6.98. The predicted octanol–water partition coefficient (Wildman–Crippen LogP) is 0.878. The van der Waals surface area contributed by atoms with E-state index in [4.69, 9.17) is 14.4 Å². The van der Waals surface area contributed by atoms with Gasteiger partial charge in [-0.25, -0.2) is 4.18 Å². The lowest BCUT2D eigenvalue weighted by Crippen LogP contribution is -2.38. The summed E-state index contributed by atoms with van der Waals surface area (Å²) in [5, 5.41) is 11.7. The van der Waals surface area contributed by atoms with E-state index in [0.717, 1.165) is 0 Å². The smallest absolute Gasteiger partial charge is 0.397 e. The van der Waals surface area contributed by atoms with E-state index in [2.05, 4.69) is 9.50 Å². The van der Waals surface area contributed by atoms with E-state index in [1.807, 2.05) is 13.8 Å². The van der Waals surface area contributed by atoms with Crippen LogP contribution in [0.4, 0.5) is 0 Å². The third kappa shape index (κ3) is 9.14. The molecule has 0 radical (unpaired) electrons. The molecule has 1 rings (SSSR count). The van der Waals surface area contributed by atoms with Gasteiger partial charge >= 0.3 is 16.4 Å². The monoisotopic (exact) mass is 347 g/mol. The Hall–Kier alpha value is -1.68. The van der Waals surface area contributed by atoms with E-state index in [9.17, 15) is 13.2 Å². The van der Waals surface area contributed by atoms with Gasteiger partial charge in [0.05, 0.1) is 6.42 Å². The molecule has 0 aromatic heterocycles. The van der Waals surface area contributed by atoms with E-state index in [1.54, 1.807) is 24.3 Å². The number of hydrogen-bond donors (Lipinski definition) is 3. The quantitative estimate of drug-likeness (QED) is 0.533. The van der Waals surface area contributed by atoms with Gasteiger partial charge < -0.3 is 15.2 Å². The molecule has 23 heavy (non-hydrogen) atoms. The number of benzene rings is 1. The number of carboxylic acid groups (broad SMARTS) is 1. The molecule has 0 bridgehead atoms. The maximum atomic E-state index is 10.8. The summed E-state index contributed by atoms with van der Waals surface area (Å²) in [5.74, 6) is -0.493. The molecule has 130 valence electrons. The lowest BCUT2D eigenvalue weighted by Gasteiger charge is -2.18. The minimum Gasteiger partial charge on any atom is -0.491 e. The van der Waals surface area contributed by atoms with Crippen molar-refractivity contribution in [2.24, 2.45) is 0 Å². The number of nitrogens with one attached hydrogen (secondary N) is 1. The van der Waals surface area contributed by atoms with Crippen LogP contribution in [0.1, 0.15) is 19.4 Å². The van der Waals surface area contributed by atoms with Crippen LogP contribution in [0, 0.1) is 0 Å². The molecule has 1 atom stereocenters. The fraction of sp³-hybridized carbons (Fsp3) is 0.500. The Labute approximate surface area is 135 Å². The molecule has 8 nitrogen and oxygen atoms in total. The first kappa shape index (κ1) is 19.4. The van der Waals surface area contributed by atoms with Gasteiger partial charge in [0.15, 0.2) is 0 Å². The van der Waals surface area contributed by atoms with Gasteiger partial charge in [-0.2, -0.15) is 8.42 Å². The molecule has 0 spiro atoms. The van der Waals surface area contributed by atoms with Crippen molar-refractivity contribution in [3.63, 3.8) is 0 Å². The van der Waals surface area contributed by atoms with Gasteiger partial charge in [-0.3, -0.25) is 9.35 Å². The predicted molar refractivity (Wildman–Crippen MR) is 82.8 cm³/mol. The lowest BCUT2D eigenvalue weighted by atomic mass is 10.1. The Kier molecular flexibility index (Phi) is 7.43. The van der Waals surface area contributed by atoms with Crippen LogP contribution in [0.3, 0.4) is 0 Å². The molecule has 0 heterocycles. The fourth-order valence-electron chi connectivity index (χ4n) is 1.73. The summed E-state index contributed by atoms with van der Waals surface area (Å²) >= 11 is 0. The summed E-state index contributed by atoms with van der Waals surface area (Å²) in [5.41, 5.74) is 0.622. The number of carbonyl (C=O) groups is 1. The highest BCUT2D eigenvalue weighted by Gasteiger charge is 2.18. The molecule has 0 aliphatic heterocycles. The standard InChI is InChI=1S/C14H21NO7S/c1-10(2)15-8-13(22-23(18,19)20)9-21-12-5-3-11(4-6-12)7-14(16)17/h3-6,10,13,15H,7-9H2,1-2H3,(H,16,17)(H,18,19,20). The van der Waals surface area contributed by atoms with Crippen LogP contribution in [0.15, 0.2) is 24.3 Å². The van der Waals surface area contributed by atoms with Crippen molar-refractivity contribution >= 4 is 16.4 Å². The molecule has 0 aliphatic carbocycles. The number of rotatable bonds is 10. The zero-order valence-electron chi connectivity index (χ0n) is 12.9. The van der Waals surface area contributed by atoms with Crippen LogP contribution < -0.4 is 10.1 Å². The molecular formula is C14H21NO7S. The average Bonchev–Trinajstić information content (AvgIpc) is 2.41. The van der Waals surface area contributed by atoms with Gasteiger partial charge in [0.2, 0.25) is 0 Å². The summed E-state index contributed by atoms with van der Waals surface area (Å²) in [6.07, 6.45) is -0.987. The van der Waals surface area contributed by atoms with E-state index in [-0.39, 0.29) is 25.6 Å². The minimum atomic E-state index is -4.58. The topological polar surface area (TPSA) is 122 Å². The SMILES string of the molecule is CC(C)NCC(COc1ccc(CC(=O)O)cc1)OS(=O)(=O)O. The van der Waals surface area contributed by atoms with Crippen LogP contribution in [0.25, 0.3) is 0 Å². The van der Waals surface area contributed by atoms with Crippen LogP contribution >= 0.6 is 0 Å². The van der Waals surface area contributed by atoms with Crippen molar-refractivity contribution in [1.82, 2.24) is 5.32 Å². The number of hydrogen-bond acceptors (Lipinski definition) is 6. The highest BCUT2D eigenvalue weighted by Crippen LogP contribution is 2.13. The van der Waals surface area contributed by atoms with Crippen molar-refractivity contribution in [1.29, 1.82) is 0 Å². The Morgan fingerprint density at radius 3 is 2.35 bits per heavy atom. The third-order valence-electron chi connectivity index (χ3n) is 2.73. The highest BCUT2D eigenvalue weighted by molar-refractivity contribution is 7.80. The zero-order chi connectivity index (χ0) is 17.5. The maximum absolute atomic E-state index is 10.8. The molecule has 0 aliphatic rings. The summed E-state index contributed by atoms with van der Waals surface area (Å²) < 4.78 is 40.4. The molecule has 1 aromatic rings. The van der Waals surface area contributed by atoms with Crippen LogP contribution in [0.5, 0.6) is 5.75 Å². The van der Waals surface area contributed by atoms with E-state index >= 15 is 0 Å². The van der Waals surface area contributed by atoms with Crippen LogP contribution in [-0.4, -0.2) is 49.3 Å². The second-order valence-corrected chi connectivity index (χ2v) is 6.28. The van der Waals surface area contributed by atoms with Crippen LogP contribution in [0.2, 0.25) is 0 Å². The summed E-state index contributed by atoms with van der Waals surface area (Å²) in [6, 6.07) is 6.48. The molecule has 3 N–H and O–H groups in total. The first-order chi connectivity index (χ1) is 10.7. The molecular weight excluding hydrogens is 326 g/mol. The van der Waals surface area contributed by atoms with Gasteiger partial charge in [-0.15, -0.1) is 0 Å². The van der Waals surface area contributed by atoms with E-state index in [1.165, 1.54) is 0 Å². The summed E-state index contributed by atoms with van der Waals surface area (Å²) in [4.78, 5) is 10.6. The lowest BCUT2D eigenvalue weighted by molar-refractivity contribution is -0.136. The van der Waals surface area contributed by atoms with Gasteiger partial charge in [0.25, 0.3) is 0 Å².